The average Bonchev–Trinajstić information content (AvgIpc) is 2.51. The molecular formula is C15H13F5O2S2. The quantitative estimate of drug-likeness (QED) is 0.534. The Kier molecular flexibility index (Phi) is 6.08. The van der Waals surface area contributed by atoms with Crippen LogP contribution in [0, 0.1) is 11.6 Å². The van der Waals surface area contributed by atoms with Crippen molar-refractivity contribution >= 4 is 33.9 Å². The zero-order chi connectivity index (χ0) is 17.9. The van der Waals surface area contributed by atoms with E-state index in [-0.39, 0.29) is 22.8 Å². The maximum Gasteiger partial charge on any atom is 0.429 e. The number of thiocarbonyl (C=S) groups is 1. The molecule has 0 amide bonds. The van der Waals surface area contributed by atoms with Crippen LogP contribution in [-0.2, 0) is 9.47 Å². The van der Waals surface area contributed by atoms with Crippen molar-refractivity contribution in [2.75, 3.05) is 6.26 Å². The van der Waals surface area contributed by atoms with Gasteiger partial charge in [-0.3, -0.25) is 0 Å². The van der Waals surface area contributed by atoms with E-state index in [1.54, 1.807) is 0 Å². The highest BCUT2D eigenvalue weighted by Crippen LogP contribution is 2.35. The first-order chi connectivity index (χ1) is 11.2. The summed E-state index contributed by atoms with van der Waals surface area (Å²) in [6, 6.07) is 3.01. The summed E-state index contributed by atoms with van der Waals surface area (Å²) >= 11 is 5.57. The second kappa shape index (κ2) is 7.69. The first kappa shape index (κ1) is 19.0. The maximum atomic E-state index is 13.7. The molecule has 1 aliphatic heterocycles. The molecule has 2 unspecified atom stereocenters. The van der Waals surface area contributed by atoms with Crippen LogP contribution in [0.1, 0.15) is 18.4 Å². The molecule has 1 aromatic carbocycles. The van der Waals surface area contributed by atoms with E-state index in [1.165, 1.54) is 12.3 Å². The molecule has 0 aliphatic carbocycles. The third kappa shape index (κ3) is 4.60. The Balaban J connectivity index is 2.16. The second-order valence-electron chi connectivity index (χ2n) is 5.01. The lowest BCUT2D eigenvalue weighted by Crippen LogP contribution is -2.44. The monoisotopic (exact) mass is 384 g/mol. The van der Waals surface area contributed by atoms with Crippen LogP contribution in [0.25, 0.3) is 5.57 Å². The van der Waals surface area contributed by atoms with Gasteiger partial charge >= 0.3 is 6.18 Å². The zero-order valence-corrected chi connectivity index (χ0v) is 14.0. The van der Waals surface area contributed by atoms with Crippen molar-refractivity contribution in [3.05, 3.63) is 41.7 Å². The van der Waals surface area contributed by atoms with E-state index >= 15 is 0 Å². The molecule has 0 saturated carbocycles. The van der Waals surface area contributed by atoms with Gasteiger partial charge in [-0.2, -0.15) is 13.2 Å². The molecule has 2 rings (SSSR count). The molecule has 0 bridgehead atoms. The van der Waals surface area contributed by atoms with Gasteiger partial charge in [-0.25, -0.2) is 8.78 Å². The molecule has 0 saturated heterocycles. The Morgan fingerprint density at radius 3 is 2.58 bits per heavy atom. The Labute approximate surface area is 145 Å². The van der Waals surface area contributed by atoms with Gasteiger partial charge in [-0.1, -0.05) is 11.8 Å². The van der Waals surface area contributed by atoms with E-state index in [4.69, 9.17) is 9.47 Å². The minimum Gasteiger partial charge on any atom is -0.493 e. The lowest BCUT2D eigenvalue weighted by atomic mass is 9.96. The van der Waals surface area contributed by atoms with Crippen molar-refractivity contribution in [1.82, 2.24) is 0 Å². The molecule has 1 heterocycles. The number of ether oxygens (including phenoxy) is 2. The fourth-order valence-electron chi connectivity index (χ4n) is 2.27. The van der Waals surface area contributed by atoms with Crippen LogP contribution < -0.4 is 0 Å². The molecule has 1 aromatic rings. The summed E-state index contributed by atoms with van der Waals surface area (Å²) in [5.74, 6) is -1.53. The summed E-state index contributed by atoms with van der Waals surface area (Å²) in [6.07, 6.45) is -5.48. The van der Waals surface area contributed by atoms with E-state index in [0.29, 0.717) is 11.6 Å². The van der Waals surface area contributed by atoms with Gasteiger partial charge in [0.2, 0.25) is 10.5 Å². The summed E-state index contributed by atoms with van der Waals surface area (Å²) in [6.45, 7) is 0. The lowest BCUT2D eigenvalue weighted by Gasteiger charge is -2.31. The Hall–Kier alpha value is -1.35. The summed E-state index contributed by atoms with van der Waals surface area (Å²) in [5.41, 5.74) is 0.455. The molecule has 0 spiro atoms. The smallest absolute Gasteiger partial charge is 0.429 e. The third-order valence-corrected chi connectivity index (χ3v) is 4.44. The molecule has 2 nitrogen and oxygen atoms in total. The standard InChI is InChI=1S/C15H13F5O2S2/c1-24-14(23)22-13(15(18,19)20)12-5-2-8(7-21-12)10-4-3-9(16)6-11(10)17/h3-4,6-7,12-13H,2,5H2,1H3. The van der Waals surface area contributed by atoms with Gasteiger partial charge in [-0.05, 0) is 49.0 Å². The SMILES string of the molecule is CSC(=S)OC(C1CCC(c2ccc(F)cc2F)=CO1)C(F)(F)F. The molecule has 0 fully saturated rings. The fourth-order valence-corrected chi connectivity index (χ4v) is 2.57. The molecule has 24 heavy (non-hydrogen) atoms. The number of rotatable bonds is 3. The van der Waals surface area contributed by atoms with Crippen LogP contribution in [0.4, 0.5) is 22.0 Å². The van der Waals surface area contributed by atoms with Crippen LogP contribution in [0.15, 0.2) is 24.5 Å². The van der Waals surface area contributed by atoms with E-state index in [9.17, 15) is 22.0 Å². The van der Waals surface area contributed by atoms with E-state index in [0.717, 1.165) is 24.1 Å². The van der Waals surface area contributed by atoms with Crippen molar-refractivity contribution in [2.45, 2.75) is 31.2 Å². The van der Waals surface area contributed by atoms with E-state index in [1.807, 2.05) is 0 Å². The van der Waals surface area contributed by atoms with Crippen LogP contribution in [-0.4, -0.2) is 29.0 Å². The van der Waals surface area contributed by atoms with Crippen molar-refractivity contribution in [1.29, 1.82) is 0 Å². The normalized spacial score (nSPS) is 19.2. The molecular weight excluding hydrogens is 371 g/mol. The second-order valence-corrected chi connectivity index (χ2v) is 6.42. The number of hydrogen-bond acceptors (Lipinski definition) is 4. The Morgan fingerprint density at radius 1 is 1.38 bits per heavy atom. The Bertz CT molecular complexity index is 645. The van der Waals surface area contributed by atoms with E-state index < -0.39 is 30.0 Å². The third-order valence-electron chi connectivity index (χ3n) is 3.41. The minimum absolute atomic E-state index is 0.0379. The maximum absolute atomic E-state index is 13.7. The first-order valence-corrected chi connectivity index (χ1v) is 8.47. The number of benzene rings is 1. The molecule has 1 aliphatic rings. The predicted molar refractivity (Wildman–Crippen MR) is 85.5 cm³/mol. The summed E-state index contributed by atoms with van der Waals surface area (Å²) in [5, 5.41) is 0. The van der Waals surface area contributed by atoms with Gasteiger partial charge in [0, 0.05) is 11.6 Å². The highest BCUT2D eigenvalue weighted by atomic mass is 32.2. The molecule has 0 aromatic heterocycles. The molecule has 0 radical (unpaired) electrons. The number of hydrogen-bond donors (Lipinski definition) is 0. The van der Waals surface area contributed by atoms with Gasteiger partial charge in [0.1, 0.15) is 17.7 Å². The number of thioether (sulfide) groups is 1. The van der Waals surface area contributed by atoms with Crippen molar-refractivity contribution < 1.29 is 31.4 Å². The average molecular weight is 384 g/mol. The van der Waals surface area contributed by atoms with Gasteiger partial charge in [0.05, 0.1) is 6.26 Å². The van der Waals surface area contributed by atoms with E-state index in [2.05, 4.69) is 12.2 Å². The topological polar surface area (TPSA) is 18.5 Å². The minimum atomic E-state index is -4.66. The first-order valence-electron chi connectivity index (χ1n) is 6.83. The summed E-state index contributed by atoms with van der Waals surface area (Å²) in [4.78, 5) is 0. The van der Waals surface area contributed by atoms with Crippen molar-refractivity contribution in [2.24, 2.45) is 0 Å². The summed E-state index contributed by atoms with van der Waals surface area (Å²) < 4.78 is 75.7. The number of alkyl halides is 3. The van der Waals surface area contributed by atoms with Crippen molar-refractivity contribution in [3.8, 4) is 0 Å². The zero-order valence-electron chi connectivity index (χ0n) is 12.4. The fraction of sp³-hybridized carbons (Fsp3) is 0.400. The van der Waals surface area contributed by atoms with Gasteiger partial charge in [-0.15, -0.1) is 0 Å². The molecule has 0 N–H and O–H groups in total. The highest BCUT2D eigenvalue weighted by molar-refractivity contribution is 8.22. The molecule has 132 valence electrons. The van der Waals surface area contributed by atoms with Crippen LogP contribution >= 0.6 is 24.0 Å². The van der Waals surface area contributed by atoms with Crippen LogP contribution in [0.5, 0.6) is 0 Å². The Morgan fingerprint density at radius 2 is 2.08 bits per heavy atom. The van der Waals surface area contributed by atoms with Crippen LogP contribution in [0.3, 0.4) is 0 Å². The van der Waals surface area contributed by atoms with Gasteiger partial charge < -0.3 is 9.47 Å². The highest BCUT2D eigenvalue weighted by Gasteiger charge is 2.49. The number of halogens is 5. The largest absolute Gasteiger partial charge is 0.493 e. The van der Waals surface area contributed by atoms with Gasteiger partial charge in [0.15, 0.2) is 0 Å². The summed E-state index contributed by atoms with van der Waals surface area (Å²) in [7, 11) is 0. The van der Waals surface area contributed by atoms with Crippen LogP contribution in [0.2, 0.25) is 0 Å². The number of allylic oxidation sites excluding steroid dienone is 1. The predicted octanol–water partition coefficient (Wildman–Crippen LogP) is 5.08. The lowest BCUT2D eigenvalue weighted by molar-refractivity contribution is -0.225. The molecule has 9 heteroatoms. The van der Waals surface area contributed by atoms with Gasteiger partial charge in [0.25, 0.3) is 0 Å². The molecule has 2 atom stereocenters. The van der Waals surface area contributed by atoms with Crippen molar-refractivity contribution in [3.63, 3.8) is 0 Å².